The summed E-state index contributed by atoms with van der Waals surface area (Å²) in [5.74, 6) is -3.13. The van der Waals surface area contributed by atoms with Gasteiger partial charge in [-0.15, -0.1) is 0 Å². The molecule has 43 heavy (non-hydrogen) atoms. The fraction of sp³-hybridized carbons (Fsp3) is 0.290. The van der Waals surface area contributed by atoms with Gasteiger partial charge in [-0.25, -0.2) is 4.79 Å². The van der Waals surface area contributed by atoms with E-state index in [0.29, 0.717) is 5.56 Å². The van der Waals surface area contributed by atoms with Crippen LogP contribution < -0.4 is 21.3 Å². The first kappa shape index (κ1) is 32.3. The molecule has 2 aromatic carbocycles. The lowest BCUT2D eigenvalue weighted by Gasteiger charge is -2.33. The Labute approximate surface area is 249 Å². The Morgan fingerprint density at radius 2 is 1.49 bits per heavy atom. The van der Waals surface area contributed by atoms with Gasteiger partial charge in [0, 0.05) is 6.20 Å². The lowest BCUT2D eigenvalue weighted by atomic mass is 9.84. The number of benzene rings is 2. The summed E-state index contributed by atoms with van der Waals surface area (Å²) in [6.45, 7) is 2.50. The van der Waals surface area contributed by atoms with Gasteiger partial charge in [0.25, 0.3) is 5.91 Å². The van der Waals surface area contributed by atoms with Crippen LogP contribution in [0.25, 0.3) is 0 Å². The molecule has 3 aromatic rings. The number of hydrogen-bond donors (Lipinski definition) is 4. The van der Waals surface area contributed by atoms with Crippen molar-refractivity contribution < 1.29 is 33.4 Å². The van der Waals surface area contributed by atoms with Gasteiger partial charge in [0.15, 0.2) is 5.54 Å². The van der Waals surface area contributed by atoms with E-state index in [-0.39, 0.29) is 18.2 Å². The SMILES string of the molecule is COC(=O)CNC(=O)[C@@](NC(=O)CNC(=O)[C@@H](NC(=O)OCc1ccccc1)C(C)C)(c1ccccc1)c1ccccn1. The van der Waals surface area contributed by atoms with Crippen LogP contribution in [0.4, 0.5) is 4.79 Å². The lowest BCUT2D eigenvalue weighted by molar-refractivity contribution is -0.142. The van der Waals surface area contributed by atoms with Gasteiger partial charge in [-0.1, -0.05) is 80.6 Å². The summed E-state index contributed by atoms with van der Waals surface area (Å²) in [6, 6.07) is 21.3. The van der Waals surface area contributed by atoms with Crippen LogP contribution in [0.5, 0.6) is 0 Å². The van der Waals surface area contributed by atoms with Crippen molar-refractivity contribution in [3.63, 3.8) is 0 Å². The van der Waals surface area contributed by atoms with Gasteiger partial charge in [0.05, 0.1) is 19.3 Å². The Morgan fingerprint density at radius 3 is 2.09 bits per heavy atom. The number of nitrogens with zero attached hydrogens (tertiary/aromatic N) is 1. The van der Waals surface area contributed by atoms with E-state index in [1.54, 1.807) is 74.5 Å². The molecule has 0 saturated carbocycles. The highest BCUT2D eigenvalue weighted by Gasteiger charge is 2.45. The first-order valence-corrected chi connectivity index (χ1v) is 13.6. The van der Waals surface area contributed by atoms with Gasteiger partial charge in [-0.05, 0) is 29.2 Å². The van der Waals surface area contributed by atoms with Crippen molar-refractivity contribution in [2.75, 3.05) is 20.2 Å². The number of nitrogens with one attached hydrogen (secondary N) is 4. The number of methoxy groups -OCH3 is 1. The quantitative estimate of drug-likeness (QED) is 0.219. The van der Waals surface area contributed by atoms with Gasteiger partial charge in [-0.3, -0.25) is 24.2 Å². The van der Waals surface area contributed by atoms with Gasteiger partial charge in [0.2, 0.25) is 11.8 Å². The van der Waals surface area contributed by atoms with E-state index in [4.69, 9.17) is 4.74 Å². The Morgan fingerprint density at radius 1 is 0.837 bits per heavy atom. The van der Waals surface area contributed by atoms with E-state index in [9.17, 15) is 24.0 Å². The number of ether oxygens (including phenoxy) is 2. The number of carbonyl (C=O) groups excluding carboxylic acids is 5. The Bertz CT molecular complexity index is 1350. The number of carbonyl (C=O) groups is 5. The number of hydrogen-bond acceptors (Lipinski definition) is 8. The molecule has 0 spiro atoms. The minimum absolute atomic E-state index is 0.0225. The third kappa shape index (κ3) is 8.86. The second kappa shape index (κ2) is 15.7. The molecule has 12 heteroatoms. The van der Waals surface area contributed by atoms with Crippen LogP contribution in [0.2, 0.25) is 0 Å². The molecule has 4 amide bonds. The maximum atomic E-state index is 13.7. The molecule has 1 heterocycles. The number of esters is 1. The van der Waals surface area contributed by atoms with Gasteiger partial charge < -0.3 is 30.7 Å². The van der Waals surface area contributed by atoms with Gasteiger partial charge >= 0.3 is 12.1 Å². The van der Waals surface area contributed by atoms with Crippen molar-refractivity contribution in [2.24, 2.45) is 5.92 Å². The maximum absolute atomic E-state index is 13.7. The minimum atomic E-state index is -1.87. The highest BCUT2D eigenvalue weighted by atomic mass is 16.5. The van der Waals surface area contributed by atoms with E-state index in [0.717, 1.165) is 5.56 Å². The molecule has 2 atom stereocenters. The predicted molar refractivity (Wildman–Crippen MR) is 156 cm³/mol. The summed E-state index contributed by atoms with van der Waals surface area (Å²) in [5, 5.41) is 10.3. The fourth-order valence-corrected chi connectivity index (χ4v) is 4.18. The first-order chi connectivity index (χ1) is 20.7. The number of alkyl carbamates (subject to hydrolysis) is 1. The molecule has 0 bridgehead atoms. The van der Waals surface area contributed by atoms with Crippen LogP contribution in [0.15, 0.2) is 85.1 Å². The van der Waals surface area contributed by atoms with Gasteiger partial charge in [-0.2, -0.15) is 0 Å². The molecule has 226 valence electrons. The second-order valence-electron chi connectivity index (χ2n) is 9.78. The molecule has 0 aliphatic heterocycles. The maximum Gasteiger partial charge on any atom is 0.408 e. The highest BCUT2D eigenvalue weighted by Crippen LogP contribution is 2.29. The number of amides is 4. The minimum Gasteiger partial charge on any atom is -0.468 e. The molecule has 0 aliphatic rings. The van der Waals surface area contributed by atoms with Crippen molar-refractivity contribution in [1.29, 1.82) is 0 Å². The average molecular weight is 590 g/mol. The van der Waals surface area contributed by atoms with E-state index < -0.39 is 54.5 Å². The summed E-state index contributed by atoms with van der Waals surface area (Å²) in [6.07, 6.45) is 0.673. The van der Waals surface area contributed by atoms with Crippen LogP contribution in [-0.4, -0.2) is 61.0 Å². The summed E-state index contributed by atoms with van der Waals surface area (Å²) in [4.78, 5) is 68.6. The van der Waals surface area contributed by atoms with Gasteiger partial charge in [0.1, 0.15) is 19.2 Å². The number of pyridine rings is 1. The smallest absolute Gasteiger partial charge is 0.408 e. The standard InChI is InChI=1S/C31H35N5O7/c1-21(2)27(35-30(41)43-20-22-12-6-4-7-13-22)28(39)33-18-25(37)36-31(23-14-8-5-9-15-23,24-16-10-11-17-32-24)29(40)34-19-26(38)42-3/h4-17,21,27H,18-20H2,1-3H3,(H,33,39)(H,34,40)(H,35,41)(H,36,37)/t27-,31+/m0/s1. The number of rotatable bonds is 13. The Hall–Kier alpha value is -5.26. The van der Waals surface area contributed by atoms with Crippen molar-refractivity contribution in [3.8, 4) is 0 Å². The van der Waals surface area contributed by atoms with Crippen molar-refractivity contribution in [1.82, 2.24) is 26.3 Å². The van der Waals surface area contributed by atoms with Crippen LogP contribution >= 0.6 is 0 Å². The summed E-state index contributed by atoms with van der Waals surface area (Å²) < 4.78 is 9.86. The number of aromatic nitrogens is 1. The zero-order chi connectivity index (χ0) is 31.2. The van der Waals surface area contributed by atoms with E-state index in [1.165, 1.54) is 13.3 Å². The van der Waals surface area contributed by atoms with E-state index in [1.807, 2.05) is 18.2 Å². The lowest BCUT2D eigenvalue weighted by Crippen LogP contribution is -2.60. The van der Waals surface area contributed by atoms with Crippen molar-refractivity contribution >= 4 is 29.8 Å². The third-order valence-corrected chi connectivity index (χ3v) is 6.40. The zero-order valence-corrected chi connectivity index (χ0v) is 24.2. The predicted octanol–water partition coefficient (Wildman–Crippen LogP) is 1.80. The molecular formula is C31H35N5O7. The monoisotopic (exact) mass is 589 g/mol. The van der Waals surface area contributed by atoms with Crippen molar-refractivity contribution in [2.45, 2.75) is 32.0 Å². The van der Waals surface area contributed by atoms with Crippen LogP contribution in [0.1, 0.15) is 30.7 Å². The largest absolute Gasteiger partial charge is 0.468 e. The summed E-state index contributed by atoms with van der Waals surface area (Å²) in [7, 11) is 1.18. The van der Waals surface area contributed by atoms with Crippen LogP contribution in [-0.2, 0) is 40.8 Å². The van der Waals surface area contributed by atoms with Crippen molar-refractivity contribution in [3.05, 3.63) is 102 Å². The molecule has 4 N–H and O–H groups in total. The van der Waals surface area contributed by atoms with Crippen LogP contribution in [0.3, 0.4) is 0 Å². The third-order valence-electron chi connectivity index (χ3n) is 6.40. The molecule has 1 aromatic heterocycles. The van der Waals surface area contributed by atoms with E-state index >= 15 is 0 Å². The summed E-state index contributed by atoms with van der Waals surface area (Å²) in [5.41, 5.74) is -0.551. The molecule has 0 unspecified atom stereocenters. The zero-order valence-electron chi connectivity index (χ0n) is 24.2. The van der Waals surface area contributed by atoms with Crippen LogP contribution in [0, 0.1) is 5.92 Å². The molecular weight excluding hydrogens is 554 g/mol. The summed E-state index contributed by atoms with van der Waals surface area (Å²) >= 11 is 0. The molecule has 3 rings (SSSR count). The van der Waals surface area contributed by atoms with E-state index in [2.05, 4.69) is 31.0 Å². The molecule has 0 fully saturated rings. The topological polar surface area (TPSA) is 165 Å². The Kier molecular flexibility index (Phi) is 11.7. The molecule has 0 saturated heterocycles. The first-order valence-electron chi connectivity index (χ1n) is 13.6. The highest BCUT2D eigenvalue weighted by molar-refractivity contribution is 5.98. The average Bonchev–Trinajstić information content (AvgIpc) is 3.03. The second-order valence-corrected chi connectivity index (χ2v) is 9.78. The fourth-order valence-electron chi connectivity index (χ4n) is 4.18. The molecule has 0 radical (unpaired) electrons. The Balaban J connectivity index is 1.76. The molecule has 12 nitrogen and oxygen atoms in total. The molecule has 0 aliphatic carbocycles. The normalized spacial score (nSPS) is 12.7.